The van der Waals surface area contributed by atoms with Gasteiger partial charge in [0.2, 0.25) is 0 Å². The predicted octanol–water partition coefficient (Wildman–Crippen LogP) is 12.8. The lowest BCUT2D eigenvalue weighted by atomic mass is 9.85. The quantitative estimate of drug-likeness (QED) is 0.0777. The molecule has 1 N–H and O–H groups in total. The number of carbonyl (C=O) groups excluding carboxylic acids is 7. The minimum absolute atomic E-state index is 0.132. The fourth-order valence-corrected chi connectivity index (χ4v) is 11.7. The number of ether oxygens (including phenoxy) is 7. The normalized spacial score (nSPS) is 18.4. The van der Waals surface area contributed by atoms with Crippen molar-refractivity contribution in [2.24, 2.45) is 35.5 Å². The Kier molecular flexibility index (Phi) is 24.5. The largest absolute Gasteiger partial charge is 0.492 e. The molecule has 0 saturated carbocycles. The van der Waals surface area contributed by atoms with Crippen molar-refractivity contribution in [1.82, 2.24) is 24.9 Å². The summed E-state index contributed by atoms with van der Waals surface area (Å²) in [6.07, 6.45) is 2.21. The van der Waals surface area contributed by atoms with Gasteiger partial charge in [-0.3, -0.25) is 14.4 Å². The Labute approximate surface area is 542 Å². The van der Waals surface area contributed by atoms with Crippen molar-refractivity contribution in [2.45, 2.75) is 210 Å². The molecule has 19 heteroatoms. The van der Waals surface area contributed by atoms with Crippen LogP contribution in [0.1, 0.15) is 172 Å². The maximum absolute atomic E-state index is 14.6. The van der Waals surface area contributed by atoms with Gasteiger partial charge in [-0.05, 0) is 227 Å². The van der Waals surface area contributed by atoms with Gasteiger partial charge >= 0.3 is 42.2 Å². The van der Waals surface area contributed by atoms with Crippen molar-refractivity contribution in [3.8, 4) is 5.75 Å². The molecule has 0 unspecified atom stereocenters. The fraction of sp³-hybridized carbons (Fsp3) is 0.653. The number of hydrogen-bond donors (Lipinski definition) is 1. The summed E-state index contributed by atoms with van der Waals surface area (Å²) in [4.78, 5) is 103. The summed E-state index contributed by atoms with van der Waals surface area (Å²) in [6.45, 7) is 36.4. The second-order valence-corrected chi connectivity index (χ2v) is 31.0. The maximum Gasteiger partial charge on any atom is 0.410 e. The number of esters is 3. The highest BCUT2D eigenvalue weighted by Crippen LogP contribution is 2.35. The summed E-state index contributed by atoms with van der Waals surface area (Å²) in [5.74, 6) is -2.52. The summed E-state index contributed by atoms with van der Waals surface area (Å²) in [5, 5.41) is 3.16. The molecule has 6 rings (SSSR count). The first kappa shape index (κ1) is 73.0. The Morgan fingerprint density at radius 1 is 0.440 bits per heavy atom. The van der Waals surface area contributed by atoms with Gasteiger partial charge in [0.05, 0.1) is 24.3 Å². The Bertz CT molecular complexity index is 2980. The van der Waals surface area contributed by atoms with Crippen LogP contribution in [0.15, 0.2) is 72.8 Å². The fourth-order valence-electron chi connectivity index (χ4n) is 11.7. The number of hydrogen-bond acceptors (Lipinski definition) is 14. The van der Waals surface area contributed by atoms with E-state index in [0.29, 0.717) is 96.5 Å². The molecule has 3 saturated heterocycles. The molecule has 6 atom stereocenters. The van der Waals surface area contributed by atoms with Crippen LogP contribution >= 0.6 is 0 Å². The molecule has 3 fully saturated rings. The topological polar surface area (TPSA) is 209 Å². The zero-order valence-electron chi connectivity index (χ0n) is 57.9. The molecular weight excluding hydrogens is 1160 g/mol. The van der Waals surface area contributed by atoms with E-state index in [0.717, 1.165) is 27.8 Å². The van der Waals surface area contributed by atoms with E-state index < -0.39 is 69.6 Å². The summed E-state index contributed by atoms with van der Waals surface area (Å²) in [7, 11) is 0. The van der Waals surface area contributed by atoms with E-state index in [9.17, 15) is 33.6 Å². The van der Waals surface area contributed by atoms with E-state index >= 15 is 0 Å². The van der Waals surface area contributed by atoms with Gasteiger partial charge < -0.3 is 58.1 Å². The highest BCUT2D eigenvalue weighted by Gasteiger charge is 2.43. The SMILES string of the molecule is CC(C)(C)OC(=O)[C@@H](Cc1cccc(CCN(CCOc2cccc(C[C@H](C(=O)OC(C)(C)C)[C@H]3CCN(C(=O)OC(C)(C)C)C3)c2)C(=O)NCc2cccc(C[C@H](C(=O)OC(C)(C)C)[C@H]3CCN(C(=O)OC(C)(C)C)C3)c2)c1)[C@H]1CCN(C(=O)OC(C)(C)C)C1. The molecule has 504 valence electrons. The van der Waals surface area contributed by atoms with Gasteiger partial charge in [0.15, 0.2) is 0 Å². The molecule has 0 bridgehead atoms. The van der Waals surface area contributed by atoms with Crippen molar-refractivity contribution < 1.29 is 66.7 Å². The lowest BCUT2D eigenvalue weighted by molar-refractivity contribution is -0.163. The third-order valence-corrected chi connectivity index (χ3v) is 15.7. The molecule has 19 nitrogen and oxygen atoms in total. The number of rotatable bonds is 21. The third kappa shape index (κ3) is 24.8. The number of benzene rings is 3. The number of likely N-dealkylation sites (tertiary alicyclic amines) is 3. The molecule has 3 heterocycles. The van der Waals surface area contributed by atoms with Crippen molar-refractivity contribution in [3.05, 3.63) is 101 Å². The van der Waals surface area contributed by atoms with Crippen LogP contribution in [0.2, 0.25) is 0 Å². The van der Waals surface area contributed by atoms with Gasteiger partial charge in [0.25, 0.3) is 0 Å². The lowest BCUT2D eigenvalue weighted by Gasteiger charge is -2.28. The number of nitrogens with zero attached hydrogens (tertiary/aromatic N) is 4. The number of nitrogens with one attached hydrogen (secondary N) is 1. The van der Waals surface area contributed by atoms with Gasteiger partial charge in [-0.15, -0.1) is 0 Å². The Hall–Kier alpha value is -7.05. The van der Waals surface area contributed by atoms with Crippen LogP contribution in [0.25, 0.3) is 0 Å². The third-order valence-electron chi connectivity index (χ3n) is 15.7. The van der Waals surface area contributed by atoms with E-state index in [2.05, 4.69) is 11.4 Å². The average Bonchev–Trinajstić information content (AvgIpc) is 1.87. The van der Waals surface area contributed by atoms with Gasteiger partial charge in [0, 0.05) is 52.4 Å². The number of urea groups is 1. The van der Waals surface area contributed by atoms with Crippen molar-refractivity contribution in [2.75, 3.05) is 59.0 Å². The highest BCUT2D eigenvalue weighted by molar-refractivity contribution is 5.77. The van der Waals surface area contributed by atoms with Crippen LogP contribution < -0.4 is 10.1 Å². The standard InChI is InChI=1S/C72H107N5O14/c1-67(2,3)86-60(78)57(53-29-33-75(45-53)64(82)89-70(10,11)12)41-49-23-19-22-48(38-49)28-32-74(36-37-85-56-27-21-25-51(40-56)43-59(62(80)88-69(7,8)9)55-31-35-77(47-55)66(84)91-72(16,17)18)63(81)73-44-52-26-20-24-50(39-52)42-58(61(79)87-68(4,5)6)54-30-34-76(46-54)65(83)90-71(13,14)15/h19-27,38-40,53-55,57-59H,28-37,41-47H2,1-18H3,(H,73,81)/t53-,54-,55-,57-,58-,59-/m0/s1. The Morgan fingerprint density at radius 3 is 1.14 bits per heavy atom. The molecule has 0 aliphatic carbocycles. The van der Waals surface area contributed by atoms with Gasteiger partial charge in [-0.25, -0.2) is 19.2 Å². The van der Waals surface area contributed by atoms with E-state index in [-0.39, 0.29) is 61.4 Å². The lowest BCUT2D eigenvalue weighted by Crippen LogP contribution is -2.43. The summed E-state index contributed by atoms with van der Waals surface area (Å²) < 4.78 is 41.4. The predicted molar refractivity (Wildman–Crippen MR) is 349 cm³/mol. The van der Waals surface area contributed by atoms with Crippen molar-refractivity contribution in [1.29, 1.82) is 0 Å². The summed E-state index contributed by atoms with van der Waals surface area (Å²) >= 11 is 0. The van der Waals surface area contributed by atoms with Crippen molar-refractivity contribution in [3.63, 3.8) is 0 Å². The second kappa shape index (κ2) is 30.6. The van der Waals surface area contributed by atoms with Crippen LogP contribution in [0, 0.1) is 35.5 Å². The van der Waals surface area contributed by atoms with Gasteiger partial charge in [-0.1, -0.05) is 60.7 Å². The van der Waals surface area contributed by atoms with Crippen LogP contribution in [0.3, 0.4) is 0 Å². The van der Waals surface area contributed by atoms with Crippen LogP contribution in [0.4, 0.5) is 19.2 Å². The molecule has 3 aliphatic rings. The second-order valence-electron chi connectivity index (χ2n) is 31.0. The first-order valence-corrected chi connectivity index (χ1v) is 32.7. The molecule has 3 aliphatic heterocycles. The Balaban J connectivity index is 1.20. The molecule has 5 amide bonds. The van der Waals surface area contributed by atoms with Crippen molar-refractivity contribution >= 4 is 42.2 Å². The maximum atomic E-state index is 14.6. The van der Waals surface area contributed by atoms with E-state index in [4.69, 9.17) is 33.2 Å². The molecule has 3 aromatic rings. The van der Waals surface area contributed by atoms with E-state index in [1.165, 1.54) is 0 Å². The Morgan fingerprint density at radius 2 is 0.769 bits per heavy atom. The molecule has 0 radical (unpaired) electrons. The molecule has 0 aromatic heterocycles. The van der Waals surface area contributed by atoms with Gasteiger partial charge in [0.1, 0.15) is 46.0 Å². The molecule has 0 spiro atoms. The summed E-state index contributed by atoms with van der Waals surface area (Å²) in [5.41, 5.74) is 0.301. The molecule has 3 aromatic carbocycles. The zero-order valence-corrected chi connectivity index (χ0v) is 57.9. The average molecular weight is 1270 g/mol. The monoisotopic (exact) mass is 1270 g/mol. The first-order chi connectivity index (χ1) is 42.1. The smallest absolute Gasteiger partial charge is 0.410 e. The van der Waals surface area contributed by atoms with Gasteiger partial charge in [-0.2, -0.15) is 0 Å². The minimum Gasteiger partial charge on any atom is -0.492 e. The molecular formula is C72H107N5O14. The van der Waals surface area contributed by atoms with E-state index in [1.807, 2.05) is 191 Å². The number of amides is 5. The highest BCUT2D eigenvalue weighted by atomic mass is 16.6. The zero-order chi connectivity index (χ0) is 67.4. The van der Waals surface area contributed by atoms with Crippen LogP contribution in [-0.2, 0) is 75.0 Å². The van der Waals surface area contributed by atoms with Crippen LogP contribution in [0.5, 0.6) is 5.75 Å². The van der Waals surface area contributed by atoms with E-state index in [1.54, 1.807) is 19.6 Å². The summed E-state index contributed by atoms with van der Waals surface area (Å²) in [6, 6.07) is 23.1. The number of carbonyl (C=O) groups is 7. The minimum atomic E-state index is -0.721. The molecule has 91 heavy (non-hydrogen) atoms. The first-order valence-electron chi connectivity index (χ1n) is 32.7. The van der Waals surface area contributed by atoms with Crippen LogP contribution in [-0.4, -0.2) is 154 Å².